The molecule has 3 heterocycles. The van der Waals surface area contributed by atoms with Crippen molar-refractivity contribution in [3.05, 3.63) is 21.9 Å². The van der Waals surface area contributed by atoms with E-state index in [-0.39, 0.29) is 6.10 Å². The topological polar surface area (TPSA) is 21.6 Å². The molecule has 0 saturated heterocycles. The SMILES string of the molecule is c1cc2c(s1)[C@@H](C1=NCCC1)OCC2. The third-order valence-corrected chi connectivity index (χ3v) is 3.89. The van der Waals surface area contributed by atoms with Crippen LogP contribution in [0.25, 0.3) is 0 Å². The molecule has 2 aliphatic rings. The van der Waals surface area contributed by atoms with E-state index in [1.807, 2.05) is 11.3 Å². The molecule has 2 aliphatic heterocycles. The number of rotatable bonds is 1. The molecule has 0 unspecified atom stereocenters. The molecular formula is C11H13NOS. The Morgan fingerprint density at radius 1 is 1.43 bits per heavy atom. The summed E-state index contributed by atoms with van der Waals surface area (Å²) < 4.78 is 5.83. The van der Waals surface area contributed by atoms with E-state index in [0.29, 0.717) is 0 Å². The van der Waals surface area contributed by atoms with Crippen LogP contribution in [-0.4, -0.2) is 18.9 Å². The zero-order valence-corrected chi connectivity index (χ0v) is 8.85. The van der Waals surface area contributed by atoms with E-state index in [2.05, 4.69) is 16.4 Å². The van der Waals surface area contributed by atoms with Crippen molar-refractivity contribution in [2.75, 3.05) is 13.2 Å². The predicted octanol–water partition coefficient (Wildman–Crippen LogP) is 2.60. The van der Waals surface area contributed by atoms with Gasteiger partial charge in [-0.05, 0) is 36.3 Å². The summed E-state index contributed by atoms with van der Waals surface area (Å²) in [6.07, 6.45) is 3.60. The van der Waals surface area contributed by atoms with E-state index < -0.39 is 0 Å². The lowest BCUT2D eigenvalue weighted by molar-refractivity contribution is 0.0898. The minimum atomic E-state index is 0.196. The smallest absolute Gasteiger partial charge is 0.129 e. The summed E-state index contributed by atoms with van der Waals surface area (Å²) in [4.78, 5) is 5.94. The van der Waals surface area contributed by atoms with Gasteiger partial charge in [0.15, 0.2) is 0 Å². The van der Waals surface area contributed by atoms with E-state index in [1.54, 1.807) is 0 Å². The second-order valence-corrected chi connectivity index (χ2v) is 4.74. The lowest BCUT2D eigenvalue weighted by Gasteiger charge is -2.23. The fourth-order valence-electron chi connectivity index (χ4n) is 2.17. The molecule has 2 nitrogen and oxygen atoms in total. The van der Waals surface area contributed by atoms with Crippen molar-refractivity contribution >= 4 is 17.0 Å². The average molecular weight is 207 g/mol. The van der Waals surface area contributed by atoms with Gasteiger partial charge in [0.1, 0.15) is 6.10 Å². The Morgan fingerprint density at radius 3 is 3.29 bits per heavy atom. The van der Waals surface area contributed by atoms with Gasteiger partial charge >= 0.3 is 0 Å². The molecule has 0 spiro atoms. The number of hydrogen-bond acceptors (Lipinski definition) is 3. The Kier molecular flexibility index (Phi) is 2.14. The normalized spacial score (nSPS) is 26.0. The molecule has 0 N–H and O–H groups in total. The van der Waals surface area contributed by atoms with Gasteiger partial charge in [-0.2, -0.15) is 0 Å². The van der Waals surface area contributed by atoms with Crippen LogP contribution in [-0.2, 0) is 11.2 Å². The number of ether oxygens (including phenoxy) is 1. The van der Waals surface area contributed by atoms with Gasteiger partial charge in [0.2, 0.25) is 0 Å². The van der Waals surface area contributed by atoms with Gasteiger partial charge < -0.3 is 4.74 Å². The minimum Gasteiger partial charge on any atom is -0.366 e. The van der Waals surface area contributed by atoms with Gasteiger partial charge in [-0.3, -0.25) is 4.99 Å². The number of aliphatic imine (C=N–C) groups is 1. The van der Waals surface area contributed by atoms with E-state index in [1.165, 1.54) is 22.6 Å². The van der Waals surface area contributed by atoms with Crippen LogP contribution in [0.5, 0.6) is 0 Å². The largest absolute Gasteiger partial charge is 0.366 e. The van der Waals surface area contributed by atoms with Crippen molar-refractivity contribution in [1.82, 2.24) is 0 Å². The van der Waals surface area contributed by atoms with Gasteiger partial charge in [0.05, 0.1) is 6.61 Å². The van der Waals surface area contributed by atoms with Crippen LogP contribution >= 0.6 is 11.3 Å². The number of nitrogens with zero attached hydrogens (tertiary/aromatic N) is 1. The van der Waals surface area contributed by atoms with Crippen LogP contribution in [0, 0.1) is 0 Å². The zero-order chi connectivity index (χ0) is 9.38. The van der Waals surface area contributed by atoms with Crippen LogP contribution in [0.1, 0.15) is 29.4 Å². The van der Waals surface area contributed by atoms with Crippen molar-refractivity contribution in [3.8, 4) is 0 Å². The van der Waals surface area contributed by atoms with Crippen molar-refractivity contribution in [3.63, 3.8) is 0 Å². The first kappa shape index (κ1) is 8.62. The molecule has 0 bridgehead atoms. The van der Waals surface area contributed by atoms with E-state index in [9.17, 15) is 0 Å². The Bertz CT molecular complexity index is 369. The highest BCUT2D eigenvalue weighted by atomic mass is 32.1. The molecule has 0 fully saturated rings. The van der Waals surface area contributed by atoms with Crippen molar-refractivity contribution in [2.45, 2.75) is 25.4 Å². The Balaban J connectivity index is 1.95. The molecule has 0 amide bonds. The molecule has 0 aliphatic carbocycles. The van der Waals surface area contributed by atoms with Gasteiger partial charge in [-0.25, -0.2) is 0 Å². The second kappa shape index (κ2) is 3.48. The second-order valence-electron chi connectivity index (χ2n) is 3.79. The summed E-state index contributed by atoms with van der Waals surface area (Å²) >= 11 is 1.81. The van der Waals surface area contributed by atoms with Gasteiger partial charge in [-0.1, -0.05) is 0 Å². The third-order valence-electron chi connectivity index (χ3n) is 2.88. The lowest BCUT2D eigenvalue weighted by atomic mass is 10.0. The molecule has 0 aromatic carbocycles. The highest BCUT2D eigenvalue weighted by molar-refractivity contribution is 7.10. The van der Waals surface area contributed by atoms with Crippen molar-refractivity contribution in [1.29, 1.82) is 0 Å². The van der Waals surface area contributed by atoms with E-state index in [4.69, 9.17) is 4.74 Å². The molecule has 1 atom stereocenters. The standard InChI is InChI=1S/C11H13NOS/c1-2-9(12-5-1)10-11-8(3-6-13-10)4-7-14-11/h4,7,10H,1-3,5-6H2/t10-/m1/s1. The first-order valence-corrected chi connectivity index (χ1v) is 6.04. The van der Waals surface area contributed by atoms with Crippen molar-refractivity contribution < 1.29 is 4.74 Å². The molecule has 1 aromatic heterocycles. The molecule has 0 radical (unpaired) electrons. The van der Waals surface area contributed by atoms with E-state index in [0.717, 1.165) is 26.0 Å². The molecule has 3 heteroatoms. The summed E-state index contributed by atoms with van der Waals surface area (Å²) in [7, 11) is 0. The maximum Gasteiger partial charge on any atom is 0.129 e. The van der Waals surface area contributed by atoms with Crippen LogP contribution in [0.4, 0.5) is 0 Å². The minimum absolute atomic E-state index is 0.196. The first-order valence-electron chi connectivity index (χ1n) is 5.16. The lowest BCUT2D eigenvalue weighted by Crippen LogP contribution is -2.20. The average Bonchev–Trinajstić information content (AvgIpc) is 2.88. The van der Waals surface area contributed by atoms with Gasteiger partial charge in [0.25, 0.3) is 0 Å². The zero-order valence-electron chi connectivity index (χ0n) is 8.03. The summed E-state index contributed by atoms with van der Waals surface area (Å²) in [5.41, 5.74) is 2.74. The van der Waals surface area contributed by atoms with Gasteiger partial charge in [0, 0.05) is 17.1 Å². The fourth-order valence-corrected chi connectivity index (χ4v) is 3.20. The number of thiophene rings is 1. The monoisotopic (exact) mass is 207 g/mol. The molecule has 14 heavy (non-hydrogen) atoms. The van der Waals surface area contributed by atoms with Crippen LogP contribution in [0.2, 0.25) is 0 Å². The fraction of sp³-hybridized carbons (Fsp3) is 0.545. The van der Waals surface area contributed by atoms with Crippen LogP contribution < -0.4 is 0 Å². The van der Waals surface area contributed by atoms with Gasteiger partial charge in [-0.15, -0.1) is 11.3 Å². The van der Waals surface area contributed by atoms with Crippen LogP contribution in [0.3, 0.4) is 0 Å². The maximum absolute atomic E-state index is 5.83. The Hall–Kier alpha value is -0.670. The predicted molar refractivity (Wildman–Crippen MR) is 58.3 cm³/mol. The summed E-state index contributed by atoms with van der Waals surface area (Å²) in [6, 6.07) is 2.23. The highest BCUT2D eigenvalue weighted by Crippen LogP contribution is 2.34. The quantitative estimate of drug-likeness (QED) is 0.693. The van der Waals surface area contributed by atoms with E-state index >= 15 is 0 Å². The summed E-state index contributed by atoms with van der Waals surface area (Å²) in [6.45, 7) is 1.85. The number of fused-ring (bicyclic) bond motifs is 1. The summed E-state index contributed by atoms with van der Waals surface area (Å²) in [5.74, 6) is 0. The van der Waals surface area contributed by atoms with Crippen molar-refractivity contribution in [2.24, 2.45) is 4.99 Å². The van der Waals surface area contributed by atoms with Crippen LogP contribution in [0.15, 0.2) is 16.4 Å². The molecule has 74 valence electrons. The summed E-state index contributed by atoms with van der Waals surface area (Å²) in [5, 5.41) is 2.17. The maximum atomic E-state index is 5.83. The molecule has 1 aromatic rings. The Morgan fingerprint density at radius 2 is 2.43 bits per heavy atom. The highest BCUT2D eigenvalue weighted by Gasteiger charge is 2.27. The first-order chi connectivity index (χ1) is 6.95. The molecule has 0 saturated carbocycles. The third kappa shape index (κ3) is 1.31. The molecule has 3 rings (SSSR count). The Labute approximate surface area is 87.6 Å². The number of hydrogen-bond donors (Lipinski definition) is 0. The molecular weight excluding hydrogens is 194 g/mol.